The second-order valence-electron chi connectivity index (χ2n) is 1.14. The van der Waals surface area contributed by atoms with E-state index >= 15 is 0 Å². The number of halogens is 3. The van der Waals surface area contributed by atoms with E-state index in [1.807, 2.05) is 0 Å². The maximum Gasteiger partial charge on any atom is 0.415 e. The summed E-state index contributed by atoms with van der Waals surface area (Å²) >= 11 is 0. The SMILES string of the molecule is FP(F)OCCOP(F)P. The number of hydrogen-bond donors (Lipinski definition) is 0. The monoisotopic (exact) mass is 212 g/mol. The van der Waals surface area contributed by atoms with Gasteiger partial charge in [-0.05, 0) is 8.93 Å². The van der Waals surface area contributed by atoms with Gasteiger partial charge in [0.05, 0.1) is 13.2 Å². The van der Waals surface area contributed by atoms with E-state index in [0.29, 0.717) is 0 Å². The Kier molecular flexibility index (Phi) is 7.36. The van der Waals surface area contributed by atoms with Crippen LogP contribution in [0.4, 0.5) is 12.6 Å². The Morgan fingerprint density at radius 1 is 1.10 bits per heavy atom. The lowest BCUT2D eigenvalue weighted by molar-refractivity contribution is 0.225. The van der Waals surface area contributed by atoms with Gasteiger partial charge in [0, 0.05) is 0 Å². The molecule has 0 aliphatic heterocycles. The van der Waals surface area contributed by atoms with Crippen molar-refractivity contribution in [3.05, 3.63) is 0 Å². The van der Waals surface area contributed by atoms with Crippen molar-refractivity contribution in [3.8, 4) is 0 Å². The molecule has 0 heterocycles. The van der Waals surface area contributed by atoms with Crippen LogP contribution < -0.4 is 0 Å². The molecule has 0 amide bonds. The predicted molar refractivity (Wildman–Crippen MR) is 38.8 cm³/mol. The maximum absolute atomic E-state index is 11.8. The van der Waals surface area contributed by atoms with E-state index in [1.54, 1.807) is 8.93 Å². The van der Waals surface area contributed by atoms with Gasteiger partial charge in [-0.3, -0.25) is 0 Å². The minimum Gasteiger partial charge on any atom is -0.325 e. The summed E-state index contributed by atoms with van der Waals surface area (Å²) < 4.78 is 42.4. The molecule has 62 valence electrons. The summed E-state index contributed by atoms with van der Waals surface area (Å²) in [4.78, 5) is 0. The Morgan fingerprint density at radius 3 is 2.00 bits per heavy atom. The molecule has 8 heteroatoms. The van der Waals surface area contributed by atoms with Crippen molar-refractivity contribution in [2.24, 2.45) is 0 Å². The minimum atomic E-state index is -3.33. The van der Waals surface area contributed by atoms with Crippen LogP contribution in [-0.2, 0) is 9.05 Å². The Bertz CT molecular complexity index is 72.1. The Hall–Kier alpha value is 1.000. The van der Waals surface area contributed by atoms with Crippen molar-refractivity contribution in [1.82, 2.24) is 0 Å². The van der Waals surface area contributed by atoms with Crippen molar-refractivity contribution >= 4 is 25.8 Å². The first kappa shape index (κ1) is 11.0. The van der Waals surface area contributed by atoms with Crippen LogP contribution >= 0.6 is 25.8 Å². The van der Waals surface area contributed by atoms with Crippen LogP contribution in [0.15, 0.2) is 0 Å². The highest BCUT2D eigenvalue weighted by Gasteiger charge is 2.04. The van der Waals surface area contributed by atoms with Crippen molar-refractivity contribution in [2.45, 2.75) is 0 Å². The third kappa shape index (κ3) is 9.00. The molecule has 0 fully saturated rings. The van der Waals surface area contributed by atoms with Crippen molar-refractivity contribution in [3.63, 3.8) is 0 Å². The molecule has 0 spiro atoms. The van der Waals surface area contributed by atoms with Gasteiger partial charge in [0.25, 0.3) is 0 Å². The van der Waals surface area contributed by atoms with Gasteiger partial charge in [-0.15, -0.1) is 0 Å². The lowest BCUT2D eigenvalue weighted by Gasteiger charge is -2.02. The summed E-state index contributed by atoms with van der Waals surface area (Å²) in [5, 5.41) is 0. The van der Waals surface area contributed by atoms with Crippen molar-refractivity contribution < 1.29 is 21.6 Å². The zero-order valence-corrected chi connectivity index (χ0v) is 7.78. The van der Waals surface area contributed by atoms with E-state index < -0.39 is 16.9 Å². The predicted octanol–water partition coefficient (Wildman–Crippen LogP) is 3.26. The standard InChI is InChI=1S/C2H6F3O2P3/c3-9(4)6-1-2-7-10(5)8/h1-2,8H2. The molecule has 2 unspecified atom stereocenters. The maximum atomic E-state index is 11.8. The molecule has 0 N–H and O–H groups in total. The topological polar surface area (TPSA) is 18.5 Å². The lowest BCUT2D eigenvalue weighted by atomic mass is 10.8. The molecule has 0 bridgehead atoms. The highest BCUT2D eigenvalue weighted by molar-refractivity contribution is 8.08. The van der Waals surface area contributed by atoms with Crippen molar-refractivity contribution in [1.29, 1.82) is 0 Å². The third-order valence-electron chi connectivity index (χ3n) is 0.487. The van der Waals surface area contributed by atoms with Gasteiger partial charge in [0.1, 0.15) is 0 Å². The number of hydrogen-bond acceptors (Lipinski definition) is 2. The fraction of sp³-hybridized carbons (Fsp3) is 1.00. The summed E-state index contributed by atoms with van der Waals surface area (Å²) in [6, 6.07) is 0. The molecule has 0 saturated carbocycles. The smallest absolute Gasteiger partial charge is 0.325 e. The molecular formula is C2H6F3O2P3. The van der Waals surface area contributed by atoms with E-state index in [0.717, 1.165) is 0 Å². The first-order valence-electron chi connectivity index (χ1n) is 2.21. The van der Waals surface area contributed by atoms with Gasteiger partial charge < -0.3 is 9.05 Å². The molecule has 2 atom stereocenters. The van der Waals surface area contributed by atoms with Gasteiger partial charge in [0.15, 0.2) is 0 Å². The largest absolute Gasteiger partial charge is 0.415 e. The fourth-order valence-electron chi connectivity index (χ4n) is 0.231. The molecule has 0 aromatic heterocycles. The summed E-state index contributed by atoms with van der Waals surface area (Å²) in [6.07, 6.45) is 0. The molecule has 0 aromatic rings. The molecular weight excluding hydrogens is 206 g/mol. The van der Waals surface area contributed by atoms with Gasteiger partial charge >= 0.3 is 8.77 Å². The molecule has 10 heavy (non-hydrogen) atoms. The van der Waals surface area contributed by atoms with Crippen LogP contribution in [0.1, 0.15) is 0 Å². The lowest BCUT2D eigenvalue weighted by Crippen LogP contribution is -1.94. The first-order valence-corrected chi connectivity index (χ1v) is 6.02. The average Bonchev–Trinajstić information content (AvgIpc) is 1.79. The highest BCUT2D eigenvalue weighted by atomic mass is 32.0. The minimum absolute atomic E-state index is 0.127. The molecule has 0 saturated heterocycles. The second kappa shape index (κ2) is 6.69. The van der Waals surface area contributed by atoms with E-state index in [2.05, 4.69) is 9.05 Å². The summed E-state index contributed by atoms with van der Waals surface area (Å²) in [6.45, 7) is -0.381. The molecule has 0 aliphatic carbocycles. The van der Waals surface area contributed by atoms with E-state index in [1.165, 1.54) is 0 Å². The van der Waals surface area contributed by atoms with Gasteiger partial charge in [-0.25, -0.2) is 0 Å². The van der Waals surface area contributed by atoms with Crippen LogP contribution in [0.5, 0.6) is 0 Å². The molecule has 2 nitrogen and oxygen atoms in total. The zero-order valence-electron chi connectivity index (χ0n) is 4.84. The summed E-state index contributed by atoms with van der Waals surface area (Å²) in [7, 11) is -3.58. The van der Waals surface area contributed by atoms with Crippen molar-refractivity contribution in [2.75, 3.05) is 13.2 Å². The van der Waals surface area contributed by atoms with Crippen LogP contribution in [0.25, 0.3) is 0 Å². The molecule has 0 aromatic carbocycles. The van der Waals surface area contributed by atoms with E-state index in [9.17, 15) is 12.6 Å². The Morgan fingerprint density at radius 2 is 1.60 bits per heavy atom. The quantitative estimate of drug-likeness (QED) is 0.514. The molecule has 0 aliphatic rings. The average molecular weight is 212 g/mol. The van der Waals surface area contributed by atoms with Gasteiger partial charge in [-0.1, -0.05) is 0 Å². The number of rotatable bonds is 5. The third-order valence-corrected chi connectivity index (χ3v) is 1.74. The Balaban J connectivity index is 2.91. The summed E-state index contributed by atoms with van der Waals surface area (Å²) in [5.74, 6) is 0. The molecule has 0 radical (unpaired) electrons. The van der Waals surface area contributed by atoms with Crippen LogP contribution in [0.3, 0.4) is 0 Å². The van der Waals surface area contributed by atoms with E-state index in [-0.39, 0.29) is 13.2 Å². The fourth-order valence-corrected chi connectivity index (χ4v) is 1.01. The Labute approximate surface area is 61.6 Å². The first-order chi connectivity index (χ1) is 4.63. The zero-order chi connectivity index (χ0) is 7.98. The van der Waals surface area contributed by atoms with Crippen LogP contribution in [0, 0.1) is 0 Å². The normalized spacial score (nSPS) is 14.1. The molecule has 0 rings (SSSR count). The highest BCUT2D eigenvalue weighted by Crippen LogP contribution is 2.47. The van der Waals surface area contributed by atoms with Gasteiger partial charge in [-0.2, -0.15) is 12.6 Å². The second-order valence-corrected chi connectivity index (χ2v) is 3.82. The van der Waals surface area contributed by atoms with Gasteiger partial charge in [0.2, 0.25) is 8.15 Å². The summed E-state index contributed by atoms with van der Waals surface area (Å²) in [5.41, 5.74) is 0. The van der Waals surface area contributed by atoms with Crippen LogP contribution in [0.2, 0.25) is 0 Å². The van der Waals surface area contributed by atoms with Crippen LogP contribution in [-0.4, -0.2) is 13.2 Å². The van der Waals surface area contributed by atoms with E-state index in [4.69, 9.17) is 0 Å².